The van der Waals surface area contributed by atoms with E-state index < -0.39 is 17.2 Å². The highest BCUT2D eigenvalue weighted by molar-refractivity contribution is 7.91. The minimum absolute atomic E-state index is 0.00281. The molecule has 0 bridgehead atoms. The molecule has 10 heteroatoms. The molecular formula is C19H22F2N4O3S. The Morgan fingerprint density at radius 2 is 1.83 bits per heavy atom. The van der Waals surface area contributed by atoms with E-state index in [4.69, 9.17) is 4.74 Å². The van der Waals surface area contributed by atoms with Gasteiger partial charge in [-0.1, -0.05) is 6.92 Å². The van der Waals surface area contributed by atoms with Crippen LogP contribution in [0.3, 0.4) is 0 Å². The molecule has 1 aromatic heterocycles. The molecule has 0 unspecified atom stereocenters. The minimum atomic E-state index is -0.789. The van der Waals surface area contributed by atoms with Crippen molar-refractivity contribution in [3.63, 3.8) is 0 Å². The second-order valence-corrected chi connectivity index (χ2v) is 8.48. The van der Waals surface area contributed by atoms with Crippen LogP contribution in [0.15, 0.2) is 29.2 Å². The molecule has 0 amide bonds. The van der Waals surface area contributed by atoms with E-state index in [0.29, 0.717) is 50.7 Å². The summed E-state index contributed by atoms with van der Waals surface area (Å²) in [5, 5.41) is 4.15. The van der Waals surface area contributed by atoms with Gasteiger partial charge in [0.15, 0.2) is 0 Å². The number of hydrogen-bond donors (Lipinski definition) is 1. The number of piperazine rings is 1. The van der Waals surface area contributed by atoms with Gasteiger partial charge >= 0.3 is 5.56 Å². The van der Waals surface area contributed by atoms with Gasteiger partial charge in [-0.05, 0) is 25.0 Å². The number of aromatic nitrogens is 2. The van der Waals surface area contributed by atoms with Crippen LogP contribution in [0.4, 0.5) is 14.5 Å². The monoisotopic (exact) mass is 424 g/mol. The number of rotatable bonds is 6. The quantitative estimate of drug-likeness (QED) is 0.565. The van der Waals surface area contributed by atoms with Crippen molar-refractivity contribution in [2.45, 2.75) is 19.8 Å². The Hall–Kier alpha value is -2.17. The fraction of sp³-hybridized carbons (Fsp3) is 0.474. The Bertz CT molecular complexity index is 939. The van der Waals surface area contributed by atoms with E-state index in [1.165, 1.54) is 6.20 Å². The molecule has 4 rings (SSSR count). The molecule has 2 fully saturated rings. The SMILES string of the molecule is CC1(COc2c(N3CCN(SO)CC3)cnn(-c3cc(F)cc(F)c3)c2=O)CC1. The van der Waals surface area contributed by atoms with E-state index >= 15 is 0 Å². The first-order valence-electron chi connectivity index (χ1n) is 9.42. The van der Waals surface area contributed by atoms with Crippen LogP contribution in [0.2, 0.25) is 0 Å². The molecule has 156 valence electrons. The fourth-order valence-corrected chi connectivity index (χ4v) is 3.58. The molecule has 0 atom stereocenters. The van der Waals surface area contributed by atoms with Gasteiger partial charge in [0.1, 0.15) is 17.3 Å². The first kappa shape index (κ1) is 20.1. The summed E-state index contributed by atoms with van der Waals surface area (Å²) in [6.45, 7) is 4.86. The third-order valence-corrected chi connectivity index (χ3v) is 5.97. The van der Waals surface area contributed by atoms with Gasteiger partial charge in [-0.3, -0.25) is 4.79 Å². The molecule has 2 aromatic rings. The number of nitrogens with zero attached hydrogens (tertiary/aromatic N) is 4. The van der Waals surface area contributed by atoms with Gasteiger partial charge in [0.25, 0.3) is 0 Å². The van der Waals surface area contributed by atoms with Crippen LogP contribution in [-0.2, 0) is 0 Å². The summed E-state index contributed by atoms with van der Waals surface area (Å²) in [5.41, 5.74) is 0.0448. The number of hydrogen-bond acceptors (Lipinski definition) is 7. The van der Waals surface area contributed by atoms with E-state index in [-0.39, 0.29) is 16.9 Å². The fourth-order valence-electron chi connectivity index (χ4n) is 3.25. The van der Waals surface area contributed by atoms with Gasteiger partial charge in [0, 0.05) is 37.7 Å². The third-order valence-electron chi connectivity index (χ3n) is 5.37. The van der Waals surface area contributed by atoms with Crippen molar-refractivity contribution in [2.24, 2.45) is 5.41 Å². The Morgan fingerprint density at radius 3 is 2.41 bits per heavy atom. The summed E-state index contributed by atoms with van der Waals surface area (Å²) >= 11 is 0.698. The second-order valence-electron chi connectivity index (χ2n) is 7.80. The molecule has 2 aliphatic rings. The molecule has 1 aromatic carbocycles. The normalized spacial score (nSPS) is 18.7. The summed E-state index contributed by atoms with van der Waals surface area (Å²) < 4.78 is 45.2. The molecule has 7 nitrogen and oxygen atoms in total. The van der Waals surface area contributed by atoms with Crippen molar-refractivity contribution in [3.05, 3.63) is 46.4 Å². The molecule has 0 spiro atoms. The predicted octanol–water partition coefficient (Wildman–Crippen LogP) is 2.93. The Labute approximate surface area is 171 Å². The van der Waals surface area contributed by atoms with Gasteiger partial charge in [-0.25, -0.2) is 13.1 Å². The van der Waals surface area contributed by atoms with Crippen molar-refractivity contribution >= 4 is 17.9 Å². The molecule has 1 N–H and O–H groups in total. The average Bonchev–Trinajstić information content (AvgIpc) is 3.43. The summed E-state index contributed by atoms with van der Waals surface area (Å²) in [7, 11) is 0. The average molecular weight is 424 g/mol. The number of ether oxygens (including phenoxy) is 1. The van der Waals surface area contributed by atoms with E-state index in [9.17, 15) is 18.1 Å². The molecular weight excluding hydrogens is 402 g/mol. The highest BCUT2D eigenvalue weighted by Crippen LogP contribution is 2.45. The van der Waals surface area contributed by atoms with Crippen molar-refractivity contribution in [3.8, 4) is 11.4 Å². The van der Waals surface area contributed by atoms with Crippen molar-refractivity contribution in [2.75, 3.05) is 37.7 Å². The maximum absolute atomic E-state index is 13.6. The Morgan fingerprint density at radius 1 is 1.17 bits per heavy atom. The first-order valence-corrected chi connectivity index (χ1v) is 10.1. The molecule has 29 heavy (non-hydrogen) atoms. The zero-order valence-electron chi connectivity index (χ0n) is 16.0. The maximum atomic E-state index is 13.6. The van der Waals surface area contributed by atoms with E-state index in [1.54, 1.807) is 0 Å². The largest absolute Gasteiger partial charge is 0.486 e. The molecule has 1 saturated heterocycles. The van der Waals surface area contributed by atoms with Crippen molar-refractivity contribution in [1.29, 1.82) is 0 Å². The van der Waals surface area contributed by atoms with Gasteiger partial charge < -0.3 is 14.2 Å². The van der Waals surface area contributed by atoms with E-state index in [2.05, 4.69) is 12.0 Å². The topological polar surface area (TPSA) is 70.8 Å². The molecule has 1 aliphatic carbocycles. The molecule has 0 radical (unpaired) electrons. The highest BCUT2D eigenvalue weighted by atomic mass is 32.2. The lowest BCUT2D eigenvalue weighted by Crippen LogP contribution is -2.44. The van der Waals surface area contributed by atoms with Crippen molar-refractivity contribution in [1.82, 2.24) is 14.1 Å². The molecule has 1 saturated carbocycles. The van der Waals surface area contributed by atoms with Crippen LogP contribution in [0.25, 0.3) is 5.69 Å². The van der Waals surface area contributed by atoms with Crippen LogP contribution >= 0.6 is 12.2 Å². The lowest BCUT2D eigenvalue weighted by atomic mass is 10.2. The zero-order valence-corrected chi connectivity index (χ0v) is 16.8. The van der Waals surface area contributed by atoms with Crippen LogP contribution in [0.1, 0.15) is 19.8 Å². The molecule has 2 heterocycles. The van der Waals surface area contributed by atoms with Crippen LogP contribution in [0, 0.1) is 17.0 Å². The summed E-state index contributed by atoms with van der Waals surface area (Å²) in [6, 6.07) is 2.85. The van der Waals surface area contributed by atoms with E-state index in [1.807, 2.05) is 9.21 Å². The minimum Gasteiger partial charge on any atom is -0.486 e. The van der Waals surface area contributed by atoms with Crippen LogP contribution < -0.4 is 15.2 Å². The highest BCUT2D eigenvalue weighted by Gasteiger charge is 2.39. The van der Waals surface area contributed by atoms with Crippen LogP contribution in [-0.4, -0.2) is 51.4 Å². The lowest BCUT2D eigenvalue weighted by molar-refractivity contribution is 0.242. The lowest BCUT2D eigenvalue weighted by Gasteiger charge is -2.34. The van der Waals surface area contributed by atoms with Gasteiger partial charge in [0.2, 0.25) is 5.75 Å². The van der Waals surface area contributed by atoms with Gasteiger partial charge in [-0.15, -0.1) is 0 Å². The van der Waals surface area contributed by atoms with Gasteiger partial charge in [-0.2, -0.15) is 9.78 Å². The number of benzene rings is 1. The Balaban J connectivity index is 1.71. The number of anilines is 1. The summed E-state index contributed by atoms with van der Waals surface area (Å²) in [5.74, 6) is -1.45. The maximum Gasteiger partial charge on any atom is 0.316 e. The van der Waals surface area contributed by atoms with Gasteiger partial charge in [0.05, 0.1) is 30.7 Å². The summed E-state index contributed by atoms with van der Waals surface area (Å²) in [6.07, 6.45) is 3.56. The first-order chi connectivity index (χ1) is 13.9. The molecule has 1 aliphatic heterocycles. The standard InChI is InChI=1S/C19H22F2N4O3S/c1-19(2-3-19)12-28-17-16(23-4-6-24(29-27)7-5-23)11-22-25(18(17)26)15-9-13(20)8-14(21)10-15/h8-11,27H,2-7,12H2,1H3. The second kappa shape index (κ2) is 7.92. The third kappa shape index (κ3) is 4.39. The van der Waals surface area contributed by atoms with Crippen molar-refractivity contribution < 1.29 is 18.1 Å². The number of halogens is 2. The predicted molar refractivity (Wildman–Crippen MR) is 107 cm³/mol. The van der Waals surface area contributed by atoms with Crippen LogP contribution in [0.5, 0.6) is 5.75 Å². The zero-order chi connectivity index (χ0) is 20.6. The van der Waals surface area contributed by atoms with E-state index in [0.717, 1.165) is 35.7 Å². The smallest absolute Gasteiger partial charge is 0.316 e. The summed E-state index contributed by atoms with van der Waals surface area (Å²) in [4.78, 5) is 15.1. The Kier molecular flexibility index (Phi) is 5.50.